The van der Waals surface area contributed by atoms with Crippen molar-refractivity contribution in [2.24, 2.45) is 0 Å². The van der Waals surface area contributed by atoms with Crippen LogP contribution in [0.5, 0.6) is 17.2 Å². The van der Waals surface area contributed by atoms with Gasteiger partial charge in [-0.3, -0.25) is 4.79 Å². The maximum atomic E-state index is 13.0. The van der Waals surface area contributed by atoms with Crippen molar-refractivity contribution >= 4 is 5.91 Å². The topological polar surface area (TPSA) is 68.8 Å². The Kier molecular flexibility index (Phi) is 7.72. The Morgan fingerprint density at radius 3 is 2.14 bits per heavy atom. The molecule has 0 aliphatic carbocycles. The SMILES string of the molecule is COc1cc(C(=O)NCCNCc2ccccc2C(F)(F)F)cc(OC)c1OC. The number of benzene rings is 2. The molecule has 0 bridgehead atoms. The number of ether oxygens (including phenoxy) is 3. The number of nitrogens with one attached hydrogen (secondary N) is 2. The van der Waals surface area contributed by atoms with Crippen LogP contribution in [-0.2, 0) is 12.7 Å². The van der Waals surface area contributed by atoms with E-state index in [1.165, 1.54) is 45.6 Å². The van der Waals surface area contributed by atoms with E-state index in [0.29, 0.717) is 29.4 Å². The summed E-state index contributed by atoms with van der Waals surface area (Å²) in [6.07, 6.45) is -4.40. The first kappa shape index (κ1) is 22.4. The van der Waals surface area contributed by atoms with Crippen LogP contribution in [0.4, 0.5) is 13.2 Å². The molecule has 2 N–H and O–H groups in total. The lowest BCUT2D eigenvalue weighted by Gasteiger charge is -2.15. The number of halogens is 3. The quantitative estimate of drug-likeness (QED) is 0.619. The third-order valence-corrected chi connectivity index (χ3v) is 4.15. The van der Waals surface area contributed by atoms with Crippen LogP contribution < -0.4 is 24.8 Å². The van der Waals surface area contributed by atoms with Gasteiger partial charge >= 0.3 is 6.18 Å². The molecule has 0 heterocycles. The molecule has 0 radical (unpaired) electrons. The maximum Gasteiger partial charge on any atom is 0.416 e. The Balaban J connectivity index is 1.91. The van der Waals surface area contributed by atoms with Gasteiger partial charge in [-0.25, -0.2) is 0 Å². The largest absolute Gasteiger partial charge is 0.493 e. The van der Waals surface area contributed by atoms with Crippen molar-refractivity contribution in [2.45, 2.75) is 12.7 Å². The van der Waals surface area contributed by atoms with Crippen molar-refractivity contribution in [3.63, 3.8) is 0 Å². The fraction of sp³-hybridized carbons (Fsp3) is 0.350. The van der Waals surface area contributed by atoms with E-state index in [9.17, 15) is 18.0 Å². The average Bonchev–Trinajstić information content (AvgIpc) is 2.71. The Bertz CT molecular complexity index is 816. The predicted octanol–water partition coefficient (Wildman–Crippen LogP) is 3.25. The smallest absolute Gasteiger partial charge is 0.416 e. The molecule has 2 rings (SSSR count). The first-order valence-electron chi connectivity index (χ1n) is 8.75. The second-order valence-corrected chi connectivity index (χ2v) is 6.00. The van der Waals surface area contributed by atoms with E-state index >= 15 is 0 Å². The molecule has 0 saturated carbocycles. The summed E-state index contributed by atoms with van der Waals surface area (Å²) in [5.74, 6) is 0.691. The van der Waals surface area contributed by atoms with E-state index in [4.69, 9.17) is 14.2 Å². The molecule has 29 heavy (non-hydrogen) atoms. The molecule has 0 fully saturated rings. The molecule has 0 aromatic heterocycles. The normalized spacial score (nSPS) is 11.1. The van der Waals surface area contributed by atoms with E-state index in [2.05, 4.69) is 10.6 Å². The molecule has 6 nitrogen and oxygen atoms in total. The van der Waals surface area contributed by atoms with Crippen LogP contribution in [0.1, 0.15) is 21.5 Å². The van der Waals surface area contributed by atoms with Crippen LogP contribution in [0.2, 0.25) is 0 Å². The fourth-order valence-electron chi connectivity index (χ4n) is 2.75. The molecule has 0 spiro atoms. The lowest BCUT2D eigenvalue weighted by Crippen LogP contribution is -2.32. The minimum atomic E-state index is -4.40. The van der Waals surface area contributed by atoms with Gasteiger partial charge in [0, 0.05) is 25.2 Å². The van der Waals surface area contributed by atoms with Crippen molar-refractivity contribution in [1.29, 1.82) is 0 Å². The molecular formula is C20H23F3N2O4. The van der Waals surface area contributed by atoms with E-state index in [-0.39, 0.29) is 24.6 Å². The van der Waals surface area contributed by atoms with Crippen molar-refractivity contribution in [3.05, 3.63) is 53.1 Å². The summed E-state index contributed by atoms with van der Waals surface area (Å²) in [6.45, 7) is 0.557. The second-order valence-electron chi connectivity index (χ2n) is 6.00. The van der Waals surface area contributed by atoms with Gasteiger partial charge in [-0.1, -0.05) is 18.2 Å². The van der Waals surface area contributed by atoms with E-state index < -0.39 is 11.7 Å². The Morgan fingerprint density at radius 1 is 0.966 bits per heavy atom. The number of hydrogen-bond donors (Lipinski definition) is 2. The third-order valence-electron chi connectivity index (χ3n) is 4.15. The molecule has 0 atom stereocenters. The highest BCUT2D eigenvalue weighted by atomic mass is 19.4. The molecule has 2 aromatic rings. The highest BCUT2D eigenvalue weighted by molar-refractivity contribution is 5.95. The molecule has 0 aliphatic rings. The summed E-state index contributed by atoms with van der Waals surface area (Å²) in [4.78, 5) is 12.4. The zero-order valence-corrected chi connectivity index (χ0v) is 16.4. The Morgan fingerprint density at radius 2 is 1.59 bits per heavy atom. The summed E-state index contributed by atoms with van der Waals surface area (Å²) in [5, 5.41) is 5.59. The first-order chi connectivity index (χ1) is 13.8. The van der Waals surface area contributed by atoms with E-state index in [1.54, 1.807) is 6.07 Å². The van der Waals surface area contributed by atoms with Gasteiger partial charge in [0.15, 0.2) is 11.5 Å². The highest BCUT2D eigenvalue weighted by Crippen LogP contribution is 2.38. The maximum absolute atomic E-state index is 13.0. The summed E-state index contributed by atoms with van der Waals surface area (Å²) in [5.41, 5.74) is -0.216. The number of carbonyl (C=O) groups excluding carboxylic acids is 1. The van der Waals surface area contributed by atoms with Gasteiger partial charge in [0.25, 0.3) is 5.91 Å². The van der Waals surface area contributed by atoms with Crippen molar-refractivity contribution in [3.8, 4) is 17.2 Å². The second kappa shape index (κ2) is 10.0. The molecular weight excluding hydrogens is 389 g/mol. The van der Waals surface area contributed by atoms with Crippen molar-refractivity contribution in [1.82, 2.24) is 10.6 Å². The van der Waals surface area contributed by atoms with E-state index in [1.807, 2.05) is 0 Å². The minimum Gasteiger partial charge on any atom is -0.493 e. The molecule has 9 heteroatoms. The molecule has 0 saturated heterocycles. The average molecular weight is 412 g/mol. The summed E-state index contributed by atoms with van der Waals surface area (Å²) in [7, 11) is 4.35. The van der Waals surface area contributed by atoms with Gasteiger partial charge in [-0.15, -0.1) is 0 Å². The van der Waals surface area contributed by atoms with Crippen LogP contribution >= 0.6 is 0 Å². The number of alkyl halides is 3. The van der Waals surface area contributed by atoms with Gasteiger partial charge in [-0.2, -0.15) is 13.2 Å². The number of carbonyl (C=O) groups is 1. The molecule has 0 unspecified atom stereocenters. The monoisotopic (exact) mass is 412 g/mol. The van der Waals surface area contributed by atoms with Crippen molar-refractivity contribution < 1.29 is 32.2 Å². The highest BCUT2D eigenvalue weighted by Gasteiger charge is 2.32. The van der Waals surface area contributed by atoms with Crippen LogP contribution in [0, 0.1) is 0 Å². The minimum absolute atomic E-state index is 0.0374. The van der Waals surface area contributed by atoms with Crippen LogP contribution in [0.3, 0.4) is 0 Å². The first-order valence-corrected chi connectivity index (χ1v) is 8.75. The lowest BCUT2D eigenvalue weighted by atomic mass is 10.1. The van der Waals surface area contributed by atoms with Gasteiger partial charge in [0.2, 0.25) is 5.75 Å². The standard InChI is InChI=1S/C20H23F3N2O4/c1-27-16-10-14(11-17(28-2)18(16)29-3)19(26)25-9-8-24-12-13-6-4-5-7-15(13)20(21,22)23/h4-7,10-11,24H,8-9,12H2,1-3H3,(H,25,26). The van der Waals surface area contributed by atoms with Crippen LogP contribution in [0.15, 0.2) is 36.4 Å². The molecule has 158 valence electrons. The molecule has 0 aliphatic heterocycles. The summed E-state index contributed by atoms with van der Waals surface area (Å²) in [6, 6.07) is 8.41. The number of methoxy groups -OCH3 is 3. The summed E-state index contributed by atoms with van der Waals surface area (Å²) < 4.78 is 54.6. The lowest BCUT2D eigenvalue weighted by molar-refractivity contribution is -0.138. The number of rotatable bonds is 9. The van der Waals surface area contributed by atoms with Gasteiger partial charge in [0.1, 0.15) is 0 Å². The molecule has 1 amide bonds. The van der Waals surface area contributed by atoms with Gasteiger partial charge in [-0.05, 0) is 23.8 Å². The predicted molar refractivity (Wildman–Crippen MR) is 102 cm³/mol. The Hall–Kier alpha value is -2.94. The zero-order valence-electron chi connectivity index (χ0n) is 16.4. The Labute approximate surface area is 167 Å². The van der Waals surface area contributed by atoms with Crippen molar-refractivity contribution in [2.75, 3.05) is 34.4 Å². The van der Waals surface area contributed by atoms with E-state index in [0.717, 1.165) is 6.07 Å². The van der Waals surface area contributed by atoms with Crippen LogP contribution in [0.25, 0.3) is 0 Å². The number of hydrogen-bond acceptors (Lipinski definition) is 5. The van der Waals surface area contributed by atoms with Gasteiger partial charge < -0.3 is 24.8 Å². The zero-order chi connectivity index (χ0) is 21.4. The third kappa shape index (κ3) is 5.77. The summed E-state index contributed by atoms with van der Waals surface area (Å²) >= 11 is 0. The fourth-order valence-corrected chi connectivity index (χ4v) is 2.75. The molecule has 2 aromatic carbocycles. The van der Waals surface area contributed by atoms with Crippen LogP contribution in [-0.4, -0.2) is 40.3 Å². The number of amides is 1. The van der Waals surface area contributed by atoms with Gasteiger partial charge in [0.05, 0.1) is 26.9 Å².